The van der Waals surface area contributed by atoms with E-state index in [2.05, 4.69) is 34.9 Å². The number of fused-ring (bicyclic) bond motifs is 3. The maximum atomic E-state index is 12.6. The van der Waals surface area contributed by atoms with Crippen molar-refractivity contribution in [2.24, 2.45) is 0 Å². The summed E-state index contributed by atoms with van der Waals surface area (Å²) < 4.78 is 5.60. The van der Waals surface area contributed by atoms with Gasteiger partial charge in [-0.2, -0.15) is 0 Å². The fraction of sp³-hybridized carbons (Fsp3) is 0.423. The largest absolute Gasteiger partial charge is 0.481 e. The first kappa shape index (κ1) is 22.8. The van der Waals surface area contributed by atoms with Crippen LogP contribution in [-0.2, 0) is 14.3 Å². The summed E-state index contributed by atoms with van der Waals surface area (Å²) in [7, 11) is 0. The van der Waals surface area contributed by atoms with Gasteiger partial charge in [-0.05, 0) is 41.5 Å². The van der Waals surface area contributed by atoms with Gasteiger partial charge in [0.05, 0.1) is 12.0 Å². The Morgan fingerprint density at radius 2 is 1.67 bits per heavy atom. The molecule has 1 atom stereocenters. The summed E-state index contributed by atoms with van der Waals surface area (Å²) in [5, 5.41) is 14.7. The lowest BCUT2D eigenvalue weighted by Crippen LogP contribution is -2.44. The minimum absolute atomic E-state index is 0.0261. The van der Waals surface area contributed by atoms with Crippen LogP contribution in [0, 0.1) is 0 Å². The highest BCUT2D eigenvalue weighted by atomic mass is 16.5. The van der Waals surface area contributed by atoms with E-state index in [1.165, 1.54) is 0 Å². The highest BCUT2D eigenvalue weighted by molar-refractivity contribution is 5.81. The van der Waals surface area contributed by atoms with Crippen LogP contribution < -0.4 is 10.6 Å². The van der Waals surface area contributed by atoms with E-state index in [1.54, 1.807) is 0 Å². The summed E-state index contributed by atoms with van der Waals surface area (Å²) in [6.07, 6.45) is 2.24. The number of ether oxygens (including phenoxy) is 1. The molecule has 0 radical (unpaired) electrons. The molecule has 0 saturated heterocycles. The van der Waals surface area contributed by atoms with Crippen molar-refractivity contribution in [2.45, 2.75) is 62.9 Å². The molecule has 2 aromatic carbocycles. The van der Waals surface area contributed by atoms with Gasteiger partial charge in [-0.25, -0.2) is 4.79 Å². The van der Waals surface area contributed by atoms with Crippen LogP contribution in [-0.4, -0.2) is 41.3 Å². The van der Waals surface area contributed by atoms with Crippen LogP contribution in [0.1, 0.15) is 62.5 Å². The third-order valence-corrected chi connectivity index (χ3v) is 6.48. The van der Waals surface area contributed by atoms with Crippen LogP contribution in [0.2, 0.25) is 0 Å². The molecule has 0 bridgehead atoms. The Morgan fingerprint density at radius 1 is 1.06 bits per heavy atom. The predicted octanol–water partition coefficient (Wildman–Crippen LogP) is 4.21. The summed E-state index contributed by atoms with van der Waals surface area (Å²) >= 11 is 0. The quantitative estimate of drug-likeness (QED) is 0.503. The number of carbonyl (C=O) groups is 3. The van der Waals surface area contributed by atoms with Gasteiger partial charge < -0.3 is 20.5 Å². The number of amides is 2. The van der Waals surface area contributed by atoms with Crippen molar-refractivity contribution in [3.8, 4) is 11.1 Å². The SMILES string of the molecule is CCC[C@H](CC(=O)NC1(CC(=O)O)CC1)NC(=O)OCC1c2ccccc2-c2ccccc21. The van der Waals surface area contributed by atoms with Gasteiger partial charge in [0.1, 0.15) is 6.61 Å². The summed E-state index contributed by atoms with van der Waals surface area (Å²) in [6.45, 7) is 2.20. The fourth-order valence-electron chi connectivity index (χ4n) is 4.74. The van der Waals surface area contributed by atoms with Crippen molar-refractivity contribution in [3.63, 3.8) is 0 Å². The Balaban J connectivity index is 1.33. The second-order valence-corrected chi connectivity index (χ2v) is 9.06. The van der Waals surface area contributed by atoms with Crippen LogP contribution in [0.4, 0.5) is 4.79 Å². The van der Waals surface area contributed by atoms with Crippen molar-refractivity contribution in [1.29, 1.82) is 0 Å². The molecule has 7 heteroatoms. The molecule has 2 aliphatic carbocycles. The third-order valence-electron chi connectivity index (χ3n) is 6.48. The summed E-state index contributed by atoms with van der Waals surface area (Å²) in [5.41, 5.74) is 3.99. The summed E-state index contributed by atoms with van der Waals surface area (Å²) in [5.74, 6) is -1.19. The first-order valence-corrected chi connectivity index (χ1v) is 11.5. The van der Waals surface area contributed by atoms with Crippen molar-refractivity contribution >= 4 is 18.0 Å². The third kappa shape index (κ3) is 5.35. The van der Waals surface area contributed by atoms with Crippen LogP contribution in [0.5, 0.6) is 0 Å². The highest BCUT2D eigenvalue weighted by Gasteiger charge is 2.45. The van der Waals surface area contributed by atoms with Crippen LogP contribution >= 0.6 is 0 Å². The van der Waals surface area contributed by atoms with Crippen molar-refractivity contribution in [1.82, 2.24) is 10.6 Å². The molecule has 2 amide bonds. The Labute approximate surface area is 193 Å². The van der Waals surface area contributed by atoms with Crippen LogP contribution in [0.25, 0.3) is 11.1 Å². The lowest BCUT2D eigenvalue weighted by Gasteiger charge is -2.21. The standard InChI is InChI=1S/C26H30N2O5/c1-2-7-17(14-23(29)28-26(12-13-26)15-24(30)31)27-25(32)33-16-22-20-10-5-3-8-18(20)19-9-4-6-11-21(19)22/h3-6,8-11,17,22H,2,7,12-16H2,1H3,(H,27,32)(H,28,29)(H,30,31)/t17-/m1/s1. The van der Waals surface area contributed by atoms with Gasteiger partial charge in [0.2, 0.25) is 5.91 Å². The monoisotopic (exact) mass is 450 g/mol. The number of hydrogen-bond donors (Lipinski definition) is 3. The number of carboxylic acids is 1. The minimum atomic E-state index is -0.922. The van der Waals surface area contributed by atoms with Crippen LogP contribution in [0.15, 0.2) is 48.5 Å². The highest BCUT2D eigenvalue weighted by Crippen LogP contribution is 2.44. The van der Waals surface area contributed by atoms with Gasteiger partial charge in [-0.15, -0.1) is 0 Å². The van der Waals surface area contributed by atoms with Gasteiger partial charge in [0.25, 0.3) is 0 Å². The minimum Gasteiger partial charge on any atom is -0.481 e. The van der Waals surface area contributed by atoms with Crippen molar-refractivity contribution in [3.05, 3.63) is 59.7 Å². The first-order chi connectivity index (χ1) is 15.9. The molecule has 0 unspecified atom stereocenters. The zero-order valence-electron chi connectivity index (χ0n) is 18.8. The second-order valence-electron chi connectivity index (χ2n) is 9.06. The smallest absolute Gasteiger partial charge is 0.407 e. The molecule has 0 aromatic heterocycles. The number of nitrogens with one attached hydrogen (secondary N) is 2. The lowest BCUT2D eigenvalue weighted by atomic mass is 9.98. The zero-order valence-corrected chi connectivity index (χ0v) is 18.8. The number of hydrogen-bond acceptors (Lipinski definition) is 4. The van der Waals surface area contributed by atoms with Crippen LogP contribution in [0.3, 0.4) is 0 Å². The van der Waals surface area contributed by atoms with Gasteiger partial charge in [-0.3, -0.25) is 9.59 Å². The van der Waals surface area contributed by atoms with Gasteiger partial charge >= 0.3 is 12.1 Å². The summed E-state index contributed by atoms with van der Waals surface area (Å²) in [6, 6.07) is 15.9. The van der Waals surface area contributed by atoms with Crippen molar-refractivity contribution < 1.29 is 24.2 Å². The zero-order chi connectivity index (χ0) is 23.4. The molecule has 0 heterocycles. The molecule has 1 fully saturated rings. The van der Waals surface area contributed by atoms with E-state index in [1.807, 2.05) is 31.2 Å². The molecule has 2 aromatic rings. The molecule has 7 nitrogen and oxygen atoms in total. The van der Waals surface area contributed by atoms with E-state index in [0.29, 0.717) is 19.3 Å². The average Bonchev–Trinajstić information content (AvgIpc) is 3.43. The number of alkyl carbamates (subject to hydrolysis) is 1. The Bertz CT molecular complexity index is 1000. The molecule has 0 aliphatic heterocycles. The van der Waals surface area contributed by atoms with Gasteiger partial charge in [-0.1, -0.05) is 61.9 Å². The van der Waals surface area contributed by atoms with E-state index in [9.17, 15) is 14.4 Å². The Hall–Kier alpha value is -3.35. The molecular weight excluding hydrogens is 420 g/mol. The van der Waals surface area contributed by atoms with E-state index in [4.69, 9.17) is 9.84 Å². The molecule has 4 rings (SSSR count). The maximum absolute atomic E-state index is 12.6. The second kappa shape index (κ2) is 9.65. The number of carbonyl (C=O) groups excluding carboxylic acids is 2. The van der Waals surface area contributed by atoms with E-state index in [0.717, 1.165) is 28.7 Å². The van der Waals surface area contributed by atoms with E-state index >= 15 is 0 Å². The topological polar surface area (TPSA) is 105 Å². The molecule has 3 N–H and O–H groups in total. The lowest BCUT2D eigenvalue weighted by molar-refractivity contribution is -0.138. The molecule has 33 heavy (non-hydrogen) atoms. The Kier molecular flexibility index (Phi) is 6.67. The Morgan fingerprint density at radius 3 is 2.21 bits per heavy atom. The normalized spacial score (nSPS) is 16.3. The van der Waals surface area contributed by atoms with Crippen molar-refractivity contribution in [2.75, 3.05) is 6.61 Å². The van der Waals surface area contributed by atoms with Gasteiger partial charge in [0, 0.05) is 18.4 Å². The average molecular weight is 451 g/mol. The molecular formula is C26H30N2O5. The van der Waals surface area contributed by atoms with Gasteiger partial charge in [0.15, 0.2) is 0 Å². The van der Waals surface area contributed by atoms with E-state index in [-0.39, 0.29) is 37.3 Å². The summed E-state index contributed by atoms with van der Waals surface area (Å²) in [4.78, 5) is 36.1. The molecule has 0 spiro atoms. The molecule has 174 valence electrons. The maximum Gasteiger partial charge on any atom is 0.407 e. The number of benzene rings is 2. The number of aliphatic carboxylic acids is 1. The predicted molar refractivity (Wildman–Crippen MR) is 124 cm³/mol. The molecule has 2 aliphatic rings. The first-order valence-electron chi connectivity index (χ1n) is 11.5. The molecule has 1 saturated carbocycles. The van der Waals surface area contributed by atoms with E-state index < -0.39 is 17.6 Å². The number of carboxylic acid groups (broad SMARTS) is 1. The fourth-order valence-corrected chi connectivity index (χ4v) is 4.74. The number of rotatable bonds is 10.